The van der Waals surface area contributed by atoms with Crippen LogP contribution in [0, 0.1) is 11.7 Å². The SMILES string of the molecule is CC.N/C(=C\N(N)C[C@H]1CN(C(=O)OCc2ccccc2)[C@@H]2CCN[C@H]12)c1ccc(F)cc1. The number of nitrogens with zero attached hydrogens (tertiary/aromatic N) is 2. The maximum absolute atomic E-state index is 13.1. The van der Waals surface area contributed by atoms with Crippen LogP contribution >= 0.6 is 0 Å². The number of nitrogens with one attached hydrogen (secondary N) is 1. The largest absolute Gasteiger partial charge is 0.445 e. The number of amides is 1. The fourth-order valence-electron chi connectivity index (χ4n) is 4.45. The number of hydrazine groups is 1. The van der Waals surface area contributed by atoms with Gasteiger partial charge in [0, 0.05) is 31.2 Å². The third-order valence-electron chi connectivity index (χ3n) is 5.94. The van der Waals surface area contributed by atoms with Crippen molar-refractivity contribution in [3.05, 3.63) is 77.7 Å². The first-order chi connectivity index (χ1) is 16.0. The first-order valence-electron chi connectivity index (χ1n) is 11.5. The average molecular weight is 456 g/mol. The number of likely N-dealkylation sites (tertiary alicyclic amines) is 1. The van der Waals surface area contributed by atoms with E-state index in [1.165, 1.54) is 12.1 Å². The van der Waals surface area contributed by atoms with Crippen LogP contribution in [0.5, 0.6) is 0 Å². The van der Waals surface area contributed by atoms with Gasteiger partial charge in [-0.2, -0.15) is 0 Å². The van der Waals surface area contributed by atoms with Crippen LogP contribution in [0.1, 0.15) is 31.4 Å². The third kappa shape index (κ3) is 6.24. The molecule has 1 amide bonds. The quantitative estimate of drug-likeness (QED) is 0.457. The van der Waals surface area contributed by atoms with E-state index in [1.807, 2.05) is 49.1 Å². The fourth-order valence-corrected chi connectivity index (χ4v) is 4.45. The zero-order valence-electron chi connectivity index (χ0n) is 19.3. The second-order valence-electron chi connectivity index (χ2n) is 8.08. The Bertz CT molecular complexity index is 922. The molecule has 7 nitrogen and oxygen atoms in total. The number of halogens is 1. The molecule has 2 aliphatic rings. The smallest absolute Gasteiger partial charge is 0.410 e. The van der Waals surface area contributed by atoms with Gasteiger partial charge in [0.25, 0.3) is 0 Å². The number of hydrogen-bond donors (Lipinski definition) is 3. The van der Waals surface area contributed by atoms with E-state index in [-0.39, 0.29) is 36.5 Å². The average Bonchev–Trinajstić information content (AvgIpc) is 3.44. The lowest BCUT2D eigenvalue weighted by atomic mass is 10.0. The Balaban J connectivity index is 0.00000149. The molecule has 0 bridgehead atoms. The molecule has 2 saturated heterocycles. The van der Waals surface area contributed by atoms with E-state index in [0.29, 0.717) is 24.4 Å². The lowest BCUT2D eigenvalue weighted by Gasteiger charge is -2.23. The molecule has 5 N–H and O–H groups in total. The van der Waals surface area contributed by atoms with Crippen molar-refractivity contribution in [1.29, 1.82) is 0 Å². The maximum atomic E-state index is 13.1. The van der Waals surface area contributed by atoms with Gasteiger partial charge in [-0.05, 0) is 48.4 Å². The normalized spacial score (nSPS) is 21.8. The van der Waals surface area contributed by atoms with E-state index in [2.05, 4.69) is 5.32 Å². The van der Waals surface area contributed by atoms with Gasteiger partial charge in [0.15, 0.2) is 0 Å². The molecular formula is C25H34FN5O2. The van der Waals surface area contributed by atoms with Crippen LogP contribution in [0.2, 0.25) is 0 Å². The summed E-state index contributed by atoms with van der Waals surface area (Å²) in [7, 11) is 0. The molecule has 2 aromatic carbocycles. The number of ether oxygens (including phenoxy) is 1. The van der Waals surface area contributed by atoms with Crippen LogP contribution in [-0.2, 0) is 11.3 Å². The number of nitrogens with two attached hydrogens (primary N) is 2. The van der Waals surface area contributed by atoms with Crippen LogP contribution in [-0.4, -0.2) is 47.7 Å². The molecule has 2 aromatic rings. The van der Waals surface area contributed by atoms with E-state index in [0.717, 1.165) is 18.5 Å². The van der Waals surface area contributed by atoms with Crippen molar-refractivity contribution < 1.29 is 13.9 Å². The number of fused-ring (bicyclic) bond motifs is 1. The van der Waals surface area contributed by atoms with Crippen molar-refractivity contribution in [3.63, 3.8) is 0 Å². The molecule has 0 radical (unpaired) electrons. The Labute approximate surface area is 195 Å². The van der Waals surface area contributed by atoms with Crippen LogP contribution in [0.3, 0.4) is 0 Å². The summed E-state index contributed by atoms with van der Waals surface area (Å²) >= 11 is 0. The number of benzene rings is 2. The number of carbonyl (C=O) groups excluding carboxylic acids is 1. The minimum absolute atomic E-state index is 0.0973. The molecule has 3 atom stereocenters. The van der Waals surface area contributed by atoms with Gasteiger partial charge in [-0.25, -0.2) is 15.0 Å². The second-order valence-corrected chi connectivity index (χ2v) is 8.08. The summed E-state index contributed by atoms with van der Waals surface area (Å²) in [5.41, 5.74) is 8.23. The summed E-state index contributed by atoms with van der Waals surface area (Å²) < 4.78 is 18.7. The topological polar surface area (TPSA) is 96.9 Å². The number of rotatable bonds is 6. The predicted molar refractivity (Wildman–Crippen MR) is 128 cm³/mol. The monoisotopic (exact) mass is 455 g/mol. The molecule has 2 fully saturated rings. The fraction of sp³-hybridized carbons (Fsp3) is 0.400. The molecule has 0 unspecified atom stereocenters. The van der Waals surface area contributed by atoms with E-state index >= 15 is 0 Å². The van der Waals surface area contributed by atoms with Gasteiger partial charge in [0.05, 0.1) is 11.7 Å². The summed E-state index contributed by atoms with van der Waals surface area (Å²) in [5, 5.41) is 5.04. The van der Waals surface area contributed by atoms with Gasteiger partial charge in [0.1, 0.15) is 12.4 Å². The highest BCUT2D eigenvalue weighted by molar-refractivity contribution is 5.69. The van der Waals surface area contributed by atoms with Gasteiger partial charge < -0.3 is 25.7 Å². The maximum Gasteiger partial charge on any atom is 0.410 e. The molecule has 0 aromatic heterocycles. The highest BCUT2D eigenvalue weighted by Crippen LogP contribution is 2.31. The van der Waals surface area contributed by atoms with E-state index in [1.54, 1.807) is 23.3 Å². The standard InChI is InChI=1S/C23H28FN5O2.C2H6/c24-19-8-6-17(7-9-19)20(25)14-28(26)12-18-13-29(21-10-11-27-22(18)21)23(30)31-15-16-4-2-1-3-5-16;1-2/h1-9,14,18,21-22,27H,10-13,15,25-26H2;1-2H3/b20-14-;/t18-,21+,22+;/m0./s1. The van der Waals surface area contributed by atoms with Gasteiger partial charge in [-0.15, -0.1) is 0 Å². The molecule has 33 heavy (non-hydrogen) atoms. The second kappa shape index (κ2) is 11.7. The van der Waals surface area contributed by atoms with Crippen molar-refractivity contribution in [1.82, 2.24) is 15.2 Å². The third-order valence-corrected chi connectivity index (χ3v) is 5.94. The number of hydrogen-bond acceptors (Lipinski definition) is 6. The Hall–Kier alpha value is -3.10. The molecule has 8 heteroatoms. The zero-order valence-corrected chi connectivity index (χ0v) is 19.3. The molecule has 2 aliphatic heterocycles. The Morgan fingerprint density at radius 1 is 1.21 bits per heavy atom. The summed E-state index contributed by atoms with van der Waals surface area (Å²) in [6.07, 6.45) is 2.24. The molecule has 0 saturated carbocycles. The molecule has 0 aliphatic carbocycles. The molecule has 4 rings (SSSR count). The Morgan fingerprint density at radius 3 is 2.61 bits per heavy atom. The minimum atomic E-state index is -0.315. The van der Waals surface area contributed by atoms with E-state index < -0.39 is 0 Å². The van der Waals surface area contributed by atoms with Gasteiger partial charge in [-0.1, -0.05) is 44.2 Å². The van der Waals surface area contributed by atoms with E-state index in [9.17, 15) is 9.18 Å². The lowest BCUT2D eigenvalue weighted by molar-refractivity contribution is 0.0911. The summed E-state index contributed by atoms with van der Waals surface area (Å²) in [6.45, 7) is 6.20. The minimum Gasteiger partial charge on any atom is -0.445 e. The van der Waals surface area contributed by atoms with Gasteiger partial charge in [-0.3, -0.25) is 0 Å². The van der Waals surface area contributed by atoms with Crippen molar-refractivity contribution in [2.45, 2.75) is 39.0 Å². The Kier molecular flexibility index (Phi) is 8.68. The summed E-state index contributed by atoms with van der Waals surface area (Å²) in [6, 6.07) is 15.9. The van der Waals surface area contributed by atoms with Crippen molar-refractivity contribution >= 4 is 11.8 Å². The molecule has 178 valence electrons. The Morgan fingerprint density at radius 2 is 1.91 bits per heavy atom. The molecule has 0 spiro atoms. The summed E-state index contributed by atoms with van der Waals surface area (Å²) in [4.78, 5) is 14.6. The van der Waals surface area contributed by atoms with Gasteiger partial charge >= 0.3 is 6.09 Å². The highest BCUT2D eigenvalue weighted by Gasteiger charge is 2.47. The molecular weight excluding hydrogens is 421 g/mol. The van der Waals surface area contributed by atoms with E-state index in [4.69, 9.17) is 16.3 Å². The van der Waals surface area contributed by atoms with Crippen LogP contribution in [0.25, 0.3) is 5.70 Å². The predicted octanol–water partition coefficient (Wildman–Crippen LogP) is 3.28. The van der Waals surface area contributed by atoms with Crippen molar-refractivity contribution in [2.75, 3.05) is 19.6 Å². The first kappa shape index (κ1) is 24.5. The van der Waals surface area contributed by atoms with Crippen LogP contribution < -0.4 is 16.9 Å². The highest BCUT2D eigenvalue weighted by atomic mass is 19.1. The molecule has 2 heterocycles. The van der Waals surface area contributed by atoms with Crippen molar-refractivity contribution in [2.24, 2.45) is 17.5 Å². The van der Waals surface area contributed by atoms with Gasteiger partial charge in [0.2, 0.25) is 0 Å². The zero-order chi connectivity index (χ0) is 23.8. The van der Waals surface area contributed by atoms with Crippen LogP contribution in [0.4, 0.5) is 9.18 Å². The van der Waals surface area contributed by atoms with Crippen LogP contribution in [0.15, 0.2) is 60.8 Å². The summed E-state index contributed by atoms with van der Waals surface area (Å²) in [5.74, 6) is 6.02. The first-order valence-corrected chi connectivity index (χ1v) is 11.5. The van der Waals surface area contributed by atoms with Crippen molar-refractivity contribution in [3.8, 4) is 0 Å². The lowest BCUT2D eigenvalue weighted by Crippen LogP contribution is -2.41. The number of carbonyl (C=O) groups is 1.